The normalized spacial score (nSPS) is 25.2. The molecule has 1 atom stereocenters. The van der Waals surface area contributed by atoms with Gasteiger partial charge in [0.05, 0.1) is 6.54 Å². The van der Waals surface area contributed by atoms with Crippen LogP contribution >= 0.6 is 0 Å². The summed E-state index contributed by atoms with van der Waals surface area (Å²) in [5, 5.41) is 0. The number of amides is 3. The summed E-state index contributed by atoms with van der Waals surface area (Å²) >= 11 is 0. The Labute approximate surface area is 150 Å². The Kier molecular flexibility index (Phi) is 5.22. The lowest BCUT2D eigenvalue weighted by atomic mass is 10.1. The van der Waals surface area contributed by atoms with E-state index in [1.54, 1.807) is 14.1 Å². The average Bonchev–Trinajstić information content (AvgIpc) is 2.95. The Morgan fingerprint density at radius 2 is 1.80 bits per heavy atom. The van der Waals surface area contributed by atoms with Crippen molar-refractivity contribution < 1.29 is 14.2 Å². The quantitative estimate of drug-likeness (QED) is 0.702. The average molecular weight is 348 g/mol. The van der Waals surface area contributed by atoms with Crippen LogP contribution in [0.1, 0.15) is 39.5 Å². The van der Waals surface area contributed by atoms with Crippen molar-refractivity contribution in [3.63, 3.8) is 0 Å². The van der Waals surface area contributed by atoms with E-state index in [1.807, 2.05) is 0 Å². The summed E-state index contributed by atoms with van der Waals surface area (Å²) < 4.78 is 2.13. The van der Waals surface area contributed by atoms with E-state index in [0.29, 0.717) is 11.8 Å². The second kappa shape index (κ2) is 7.23. The number of piperidine rings is 1. The first-order valence-electron chi connectivity index (χ1n) is 9.38. The van der Waals surface area contributed by atoms with Gasteiger partial charge in [0, 0.05) is 14.1 Å². The number of carbonyl (C=O) groups excluding carboxylic acids is 2. The van der Waals surface area contributed by atoms with Crippen molar-refractivity contribution in [2.45, 2.75) is 45.6 Å². The molecule has 7 nitrogen and oxygen atoms in total. The summed E-state index contributed by atoms with van der Waals surface area (Å²) in [6, 6.07) is -0.755. The van der Waals surface area contributed by atoms with Crippen LogP contribution in [0.3, 0.4) is 0 Å². The van der Waals surface area contributed by atoms with Crippen LogP contribution in [0.4, 0.5) is 4.79 Å². The topological polar surface area (TPSA) is 59.2 Å². The third-order valence-corrected chi connectivity index (χ3v) is 5.37. The summed E-state index contributed by atoms with van der Waals surface area (Å²) in [7, 11) is 3.27. The minimum Gasteiger partial charge on any atom is -0.292 e. The molecule has 2 fully saturated rings. The molecule has 3 aliphatic rings. The number of carbonyl (C=O) groups is 2. The first-order chi connectivity index (χ1) is 11.9. The first-order valence-corrected chi connectivity index (χ1v) is 9.38. The molecule has 3 amide bonds. The van der Waals surface area contributed by atoms with Crippen molar-refractivity contribution in [3.8, 4) is 0 Å². The van der Waals surface area contributed by atoms with Gasteiger partial charge in [-0.2, -0.15) is 0 Å². The zero-order chi connectivity index (χ0) is 18.1. The number of likely N-dealkylation sites (N-methyl/N-ethyl adjacent to an activating group) is 2. The number of hydrogen-bond donors (Lipinski definition) is 0. The number of fused-ring (bicyclic) bond motifs is 1. The summed E-state index contributed by atoms with van der Waals surface area (Å²) in [4.78, 5) is 35.0. The van der Waals surface area contributed by atoms with Gasteiger partial charge in [-0.05, 0) is 43.3 Å². The number of rotatable bonds is 5. The van der Waals surface area contributed by atoms with E-state index in [4.69, 9.17) is 4.99 Å². The molecular weight excluding hydrogens is 318 g/mol. The fourth-order valence-corrected chi connectivity index (χ4v) is 3.75. The Hall–Kier alpha value is -1.76. The van der Waals surface area contributed by atoms with Gasteiger partial charge in [-0.15, -0.1) is 0 Å². The fourth-order valence-electron chi connectivity index (χ4n) is 3.75. The minimum absolute atomic E-state index is 0.167. The number of amidine groups is 2. The van der Waals surface area contributed by atoms with Gasteiger partial charge in [-0.3, -0.25) is 19.5 Å². The number of urea groups is 1. The summed E-state index contributed by atoms with van der Waals surface area (Å²) in [5.41, 5.74) is 0. The van der Waals surface area contributed by atoms with Crippen LogP contribution < -0.4 is 0 Å². The number of hydrogen-bond acceptors (Lipinski definition) is 4. The van der Waals surface area contributed by atoms with E-state index in [9.17, 15) is 9.59 Å². The van der Waals surface area contributed by atoms with Crippen LogP contribution in [0.25, 0.3) is 0 Å². The van der Waals surface area contributed by atoms with E-state index in [2.05, 4.69) is 23.3 Å². The molecule has 0 aliphatic carbocycles. The molecule has 0 saturated carbocycles. The van der Waals surface area contributed by atoms with Crippen molar-refractivity contribution in [1.29, 1.82) is 0 Å². The molecule has 0 aromatic rings. The molecule has 3 heterocycles. The smallest absolute Gasteiger partial charge is 0.292 e. The second-order valence-corrected chi connectivity index (χ2v) is 7.74. The maximum atomic E-state index is 12.8. The third-order valence-electron chi connectivity index (χ3n) is 5.37. The van der Waals surface area contributed by atoms with Gasteiger partial charge in [0.2, 0.25) is 0 Å². The molecule has 0 bridgehead atoms. The van der Waals surface area contributed by atoms with E-state index < -0.39 is 6.04 Å². The molecule has 0 aromatic heterocycles. The van der Waals surface area contributed by atoms with Gasteiger partial charge in [0.1, 0.15) is 6.54 Å². The number of aliphatic imine (C=N–C) groups is 1. The van der Waals surface area contributed by atoms with Crippen molar-refractivity contribution in [2.75, 3.05) is 40.3 Å². The van der Waals surface area contributed by atoms with Gasteiger partial charge in [-0.25, -0.2) is 9.37 Å². The first kappa shape index (κ1) is 18.0. The number of likely N-dealkylation sites (tertiary alicyclic amines) is 1. The predicted molar refractivity (Wildman–Crippen MR) is 97.0 cm³/mol. The monoisotopic (exact) mass is 348 g/mol. The lowest BCUT2D eigenvalue weighted by molar-refractivity contribution is -0.537. The van der Waals surface area contributed by atoms with Gasteiger partial charge in [0.25, 0.3) is 17.8 Å². The molecule has 2 saturated heterocycles. The zero-order valence-electron chi connectivity index (χ0n) is 15.9. The van der Waals surface area contributed by atoms with E-state index >= 15 is 0 Å². The Morgan fingerprint density at radius 3 is 2.44 bits per heavy atom. The molecule has 0 radical (unpaired) electrons. The molecule has 0 spiro atoms. The largest absolute Gasteiger partial charge is 0.333 e. The van der Waals surface area contributed by atoms with Crippen LogP contribution in [0, 0.1) is 5.92 Å². The fraction of sp³-hybridized carbons (Fsp3) is 0.778. The lowest BCUT2D eigenvalue weighted by Gasteiger charge is -2.31. The molecule has 138 valence electrons. The van der Waals surface area contributed by atoms with Crippen molar-refractivity contribution in [2.24, 2.45) is 10.9 Å². The number of nitrogens with zero attached hydrogens (tertiary/aromatic N) is 5. The van der Waals surface area contributed by atoms with Gasteiger partial charge < -0.3 is 0 Å². The minimum atomic E-state index is -0.453. The van der Waals surface area contributed by atoms with Crippen LogP contribution in [0.2, 0.25) is 0 Å². The van der Waals surface area contributed by atoms with Crippen LogP contribution in [0.5, 0.6) is 0 Å². The van der Waals surface area contributed by atoms with Crippen molar-refractivity contribution >= 4 is 23.6 Å². The molecule has 0 N–H and O–H groups in total. The highest BCUT2D eigenvalue weighted by atomic mass is 16.2. The zero-order valence-corrected chi connectivity index (χ0v) is 15.9. The van der Waals surface area contributed by atoms with Crippen LogP contribution in [-0.4, -0.2) is 89.2 Å². The van der Waals surface area contributed by atoms with E-state index in [0.717, 1.165) is 38.4 Å². The summed E-state index contributed by atoms with van der Waals surface area (Å²) in [6.07, 6.45) is 4.73. The summed E-state index contributed by atoms with van der Waals surface area (Å²) in [6.45, 7) is 8.09. The van der Waals surface area contributed by atoms with Crippen molar-refractivity contribution in [3.05, 3.63) is 0 Å². The molecule has 3 rings (SSSR count). The Morgan fingerprint density at radius 1 is 1.12 bits per heavy atom. The van der Waals surface area contributed by atoms with Gasteiger partial charge in [-0.1, -0.05) is 20.3 Å². The van der Waals surface area contributed by atoms with Crippen LogP contribution in [0.15, 0.2) is 4.99 Å². The molecule has 25 heavy (non-hydrogen) atoms. The maximum Gasteiger partial charge on any atom is 0.333 e. The molecule has 1 unspecified atom stereocenters. The standard InChI is InChI=1S/C18H30N5O2/c1-13(2)8-11-23-14(12-22-9-6-5-7-10-22)19-16-15(23)17(24)21(4)18(25)20(16)3/h13,15H,5-12H2,1-4H3/q+1. The van der Waals surface area contributed by atoms with Crippen LogP contribution in [-0.2, 0) is 4.79 Å². The lowest BCUT2D eigenvalue weighted by Crippen LogP contribution is -2.61. The maximum absolute atomic E-state index is 12.8. The molecule has 7 heteroatoms. The highest BCUT2D eigenvalue weighted by Gasteiger charge is 2.52. The molecule has 0 aromatic carbocycles. The SMILES string of the molecule is CC(C)CC[N+]1=C(CN2CCCCC2)N=C2C1C(=O)N(C)C(=O)N2C. The molecular formula is C18H30N5O2+. The Balaban J connectivity index is 1.89. The van der Waals surface area contributed by atoms with Gasteiger partial charge in [0.15, 0.2) is 0 Å². The highest BCUT2D eigenvalue weighted by Crippen LogP contribution is 2.21. The molecule has 3 aliphatic heterocycles. The number of imide groups is 1. The van der Waals surface area contributed by atoms with E-state index in [-0.39, 0.29) is 11.9 Å². The second-order valence-electron chi connectivity index (χ2n) is 7.74. The predicted octanol–water partition coefficient (Wildman–Crippen LogP) is 1.23. The third kappa shape index (κ3) is 3.47. The Bertz CT molecular complexity index is 619. The summed E-state index contributed by atoms with van der Waals surface area (Å²) in [5.74, 6) is 1.91. The van der Waals surface area contributed by atoms with Crippen molar-refractivity contribution in [1.82, 2.24) is 14.7 Å². The van der Waals surface area contributed by atoms with E-state index in [1.165, 1.54) is 29.1 Å². The van der Waals surface area contributed by atoms with Gasteiger partial charge >= 0.3 is 11.9 Å². The highest BCUT2D eigenvalue weighted by molar-refractivity contribution is 6.23.